The molecule has 0 atom stereocenters. The van der Waals surface area contributed by atoms with Crippen molar-refractivity contribution < 1.29 is 77.4 Å². The number of carbonyl (C=O) groups is 4. The van der Waals surface area contributed by atoms with Gasteiger partial charge in [0.1, 0.15) is 52.4 Å². The molecule has 0 bridgehead atoms. The van der Waals surface area contributed by atoms with E-state index in [9.17, 15) is 72.7 Å². The minimum Gasteiger partial charge on any atom is -0.505 e. The number of aromatic hydroxyl groups is 1. The molecule has 26 heteroatoms. The van der Waals surface area contributed by atoms with E-state index in [0.29, 0.717) is 0 Å². The third kappa shape index (κ3) is 10.5. The van der Waals surface area contributed by atoms with Gasteiger partial charge in [-0.05, 0) is 72.1 Å². The topological polar surface area (TPSA) is 395 Å². The lowest BCUT2D eigenvalue weighted by Crippen LogP contribution is -2.14. The fraction of sp³-hybridized carbons (Fsp3) is 0.125. The van der Waals surface area contributed by atoms with Crippen molar-refractivity contribution >= 4 is 78.9 Å². The fourth-order valence-electron chi connectivity index (χ4n) is 5.97. The maximum absolute atomic E-state index is 13.4. The van der Waals surface area contributed by atoms with Gasteiger partial charge in [-0.15, -0.1) is 25.6 Å². The van der Waals surface area contributed by atoms with Gasteiger partial charge in [0.05, 0.1) is 53.4 Å². The number of phenols is 1. The number of carboxylic acids is 4. The third-order valence-electron chi connectivity index (χ3n) is 8.95. The molecule has 0 aliphatic carbocycles. The van der Waals surface area contributed by atoms with Gasteiger partial charge in [-0.1, -0.05) is 0 Å². The largest absolute Gasteiger partial charge is 0.505 e. The molecule has 340 valence electrons. The molecule has 9 N–H and O–H groups in total. The number of aliphatic hydroxyl groups excluding tert-OH is 2. The van der Waals surface area contributed by atoms with E-state index in [2.05, 4.69) is 35.8 Å². The van der Waals surface area contributed by atoms with Gasteiger partial charge in [0, 0.05) is 17.5 Å². The van der Waals surface area contributed by atoms with Crippen LogP contribution in [0.5, 0.6) is 17.2 Å². The van der Waals surface area contributed by atoms with Gasteiger partial charge in [0.25, 0.3) is 15.7 Å². The summed E-state index contributed by atoms with van der Waals surface area (Å²) in [6, 6.07) is 15.0. The number of aromatic carboxylic acids is 3. The zero-order valence-corrected chi connectivity index (χ0v) is 34.1. The molecule has 0 saturated carbocycles. The van der Waals surface area contributed by atoms with Crippen LogP contribution in [-0.4, -0.2) is 109 Å². The second-order valence-electron chi connectivity index (χ2n) is 13.3. The Morgan fingerprint density at radius 2 is 1.23 bits per heavy atom. The molecular weight excluding hydrogens is 897 g/mol. The van der Waals surface area contributed by atoms with E-state index in [1.807, 2.05) is 0 Å². The SMILES string of the molecule is O=C(O)Cc1[nH]n(-c2ccc(C(=O)O)cc2)c(=O)c1N=Nc1ccc2c(O)c(N=Nc3cc(OCCO)c(N=Nc4cc(C(=O)O)ccc4C(=O)O)cc3OCCO)c(S(=O)(=O)O)cc2c1. The van der Waals surface area contributed by atoms with Crippen LogP contribution in [0.15, 0.2) is 119 Å². The van der Waals surface area contributed by atoms with E-state index in [1.165, 1.54) is 42.5 Å². The van der Waals surface area contributed by atoms with E-state index in [0.717, 1.165) is 41.1 Å². The van der Waals surface area contributed by atoms with Gasteiger partial charge in [0.2, 0.25) is 0 Å². The Kier molecular flexibility index (Phi) is 14.0. The number of phenolic OH excluding ortho intramolecular Hbond substituents is 1. The van der Waals surface area contributed by atoms with Crippen LogP contribution in [0.4, 0.5) is 34.1 Å². The number of rotatable bonds is 19. The Bertz CT molecular complexity index is 3180. The monoisotopic (exact) mass is 928 g/mol. The summed E-state index contributed by atoms with van der Waals surface area (Å²) < 4.78 is 47.8. The van der Waals surface area contributed by atoms with Gasteiger partial charge in [-0.25, -0.2) is 19.1 Å². The van der Waals surface area contributed by atoms with E-state index in [1.54, 1.807) is 0 Å². The molecule has 6 aromatic rings. The van der Waals surface area contributed by atoms with Crippen LogP contribution < -0.4 is 15.0 Å². The number of ether oxygens (including phenoxy) is 2. The minimum atomic E-state index is -5.20. The Morgan fingerprint density at radius 1 is 0.652 bits per heavy atom. The normalized spacial score (nSPS) is 11.8. The molecule has 0 saturated heterocycles. The molecule has 1 heterocycles. The van der Waals surface area contributed by atoms with Crippen molar-refractivity contribution in [1.82, 2.24) is 9.78 Å². The standard InChI is InChI=1S/C40H32N8O17S/c49-9-11-64-30-17-28(31(65-12-10-50)16-27(30)43-42-26-14-20(39(57)58)3-7-25(26)40(59)60)44-46-35-32(66(61,62)63)15-21-13-22(4-8-24(21)36(35)53)41-45-34-29(18-33(51)52)47-48(37(34)54)23-5-1-19(2-6-23)38(55)56/h1-8,13-17,47,49-50,53H,9-12,18H2,(H,51,52)(H,55,56)(H,57,58)(H,59,60)(H,61,62,63). The van der Waals surface area contributed by atoms with Gasteiger partial charge < -0.3 is 45.2 Å². The average Bonchev–Trinajstić information content (AvgIpc) is 3.58. The van der Waals surface area contributed by atoms with E-state index >= 15 is 0 Å². The molecule has 25 nitrogen and oxygen atoms in total. The zero-order chi connectivity index (χ0) is 47.9. The Hall–Kier alpha value is -8.72. The van der Waals surface area contributed by atoms with Crippen molar-refractivity contribution in [2.24, 2.45) is 30.7 Å². The van der Waals surface area contributed by atoms with Crippen LogP contribution in [0.25, 0.3) is 16.5 Å². The van der Waals surface area contributed by atoms with Crippen LogP contribution in [0.1, 0.15) is 36.8 Å². The highest BCUT2D eigenvalue weighted by molar-refractivity contribution is 7.86. The second-order valence-corrected chi connectivity index (χ2v) is 14.7. The maximum Gasteiger partial charge on any atom is 0.337 e. The fourth-order valence-corrected chi connectivity index (χ4v) is 6.62. The number of azo groups is 3. The predicted octanol–water partition coefficient (Wildman–Crippen LogP) is 5.98. The predicted molar refractivity (Wildman–Crippen MR) is 225 cm³/mol. The molecule has 0 aliphatic rings. The van der Waals surface area contributed by atoms with Crippen LogP contribution in [0.3, 0.4) is 0 Å². The summed E-state index contributed by atoms with van der Waals surface area (Å²) >= 11 is 0. The zero-order valence-electron chi connectivity index (χ0n) is 33.3. The molecule has 0 spiro atoms. The van der Waals surface area contributed by atoms with Gasteiger partial charge in [-0.2, -0.15) is 13.5 Å². The number of carboxylic acid groups (broad SMARTS) is 4. The number of benzene rings is 5. The van der Waals surface area contributed by atoms with E-state index < -0.39 is 86.8 Å². The summed E-state index contributed by atoms with van der Waals surface area (Å²) in [4.78, 5) is 58.7. The average molecular weight is 929 g/mol. The molecule has 5 aromatic carbocycles. The molecule has 0 amide bonds. The number of hydrogen-bond acceptors (Lipinski definition) is 18. The second kappa shape index (κ2) is 19.8. The molecule has 66 heavy (non-hydrogen) atoms. The first-order chi connectivity index (χ1) is 31.4. The molecule has 0 aliphatic heterocycles. The first-order valence-corrected chi connectivity index (χ1v) is 20.0. The molecule has 0 radical (unpaired) electrons. The molecule has 6 rings (SSSR count). The van der Waals surface area contributed by atoms with Crippen LogP contribution in [0.2, 0.25) is 0 Å². The summed E-state index contributed by atoms with van der Waals surface area (Å²) in [7, 11) is -5.20. The number of H-pyrrole nitrogens is 1. The highest BCUT2D eigenvalue weighted by atomic mass is 32.2. The number of aliphatic hydroxyl groups is 2. The number of aromatic amines is 1. The number of nitrogens with zero attached hydrogens (tertiary/aromatic N) is 7. The van der Waals surface area contributed by atoms with E-state index in [-0.39, 0.29) is 80.7 Å². The molecule has 1 aromatic heterocycles. The molecule has 0 fully saturated rings. The summed E-state index contributed by atoms with van der Waals surface area (Å²) in [6.45, 7) is -1.75. The van der Waals surface area contributed by atoms with Gasteiger partial charge >= 0.3 is 23.9 Å². The first-order valence-electron chi connectivity index (χ1n) is 18.6. The lowest BCUT2D eigenvalue weighted by Gasteiger charge is -2.13. The smallest absolute Gasteiger partial charge is 0.337 e. The Balaban J connectivity index is 1.40. The number of fused-ring (bicyclic) bond motifs is 1. The Morgan fingerprint density at radius 3 is 1.79 bits per heavy atom. The molecule has 0 unspecified atom stereocenters. The number of aromatic nitrogens is 2. The third-order valence-corrected chi connectivity index (χ3v) is 9.82. The quantitative estimate of drug-likeness (QED) is 0.0333. The van der Waals surface area contributed by atoms with Crippen molar-refractivity contribution in [3.05, 3.63) is 112 Å². The Labute approximate surface area is 368 Å². The van der Waals surface area contributed by atoms with Crippen molar-refractivity contribution in [3.63, 3.8) is 0 Å². The van der Waals surface area contributed by atoms with Crippen LogP contribution in [0, 0.1) is 0 Å². The molecular formula is C40H32N8O17S. The van der Waals surface area contributed by atoms with E-state index in [4.69, 9.17) is 9.47 Å². The maximum atomic E-state index is 13.4. The van der Waals surface area contributed by atoms with Crippen molar-refractivity contribution in [3.8, 4) is 22.9 Å². The van der Waals surface area contributed by atoms with Crippen LogP contribution >= 0.6 is 0 Å². The van der Waals surface area contributed by atoms with Crippen molar-refractivity contribution in [1.29, 1.82) is 0 Å². The number of nitrogens with one attached hydrogen (secondary N) is 1. The minimum absolute atomic E-state index is 0.0519. The summed E-state index contributed by atoms with van der Waals surface area (Å²) in [6.07, 6.45) is -0.702. The highest BCUT2D eigenvalue weighted by Crippen LogP contribution is 2.45. The first kappa shape index (κ1) is 46.8. The van der Waals surface area contributed by atoms with Crippen LogP contribution in [-0.2, 0) is 21.3 Å². The van der Waals surface area contributed by atoms with Gasteiger partial charge in [-0.3, -0.25) is 19.2 Å². The number of aliphatic carboxylic acids is 1. The summed E-state index contributed by atoms with van der Waals surface area (Å²) in [5.74, 6) is -6.64. The van der Waals surface area contributed by atoms with Crippen molar-refractivity contribution in [2.75, 3.05) is 26.4 Å². The summed E-state index contributed by atoms with van der Waals surface area (Å²) in [5, 5.41) is 94.2. The van der Waals surface area contributed by atoms with Crippen molar-refractivity contribution in [2.45, 2.75) is 11.3 Å². The lowest BCUT2D eigenvalue weighted by molar-refractivity contribution is -0.136. The lowest BCUT2D eigenvalue weighted by atomic mass is 10.1. The highest BCUT2D eigenvalue weighted by Gasteiger charge is 2.24. The number of hydrogen-bond donors (Lipinski definition) is 9. The van der Waals surface area contributed by atoms with Gasteiger partial charge in [0.15, 0.2) is 11.4 Å². The summed E-state index contributed by atoms with van der Waals surface area (Å²) in [5.41, 5.74) is -3.76.